The Kier molecular flexibility index (Phi) is 5.54. The SMILES string of the molecule is CC(C)=N/N=C1\NC(=O)C(CC(=O)Nc2ccc(C)c(C)c2)S1. The maximum atomic E-state index is 12.1. The number of amides is 2. The van der Waals surface area contributed by atoms with Gasteiger partial charge in [-0.25, -0.2) is 0 Å². The van der Waals surface area contributed by atoms with E-state index in [0.717, 1.165) is 17.0 Å². The molecule has 1 saturated heterocycles. The molecule has 7 heteroatoms. The molecule has 122 valence electrons. The highest BCUT2D eigenvalue weighted by Crippen LogP contribution is 2.23. The quantitative estimate of drug-likeness (QED) is 0.657. The van der Waals surface area contributed by atoms with Gasteiger partial charge in [0.15, 0.2) is 5.17 Å². The van der Waals surface area contributed by atoms with E-state index in [1.54, 1.807) is 0 Å². The van der Waals surface area contributed by atoms with Crippen molar-refractivity contribution in [3.8, 4) is 0 Å². The highest BCUT2D eigenvalue weighted by atomic mass is 32.2. The van der Waals surface area contributed by atoms with Gasteiger partial charge in [-0.3, -0.25) is 9.59 Å². The van der Waals surface area contributed by atoms with Gasteiger partial charge in [-0.2, -0.15) is 5.10 Å². The summed E-state index contributed by atoms with van der Waals surface area (Å²) in [6.45, 7) is 7.64. The summed E-state index contributed by atoms with van der Waals surface area (Å²) in [5.74, 6) is -0.412. The van der Waals surface area contributed by atoms with Gasteiger partial charge < -0.3 is 10.6 Å². The van der Waals surface area contributed by atoms with Crippen LogP contribution in [0.3, 0.4) is 0 Å². The second-order valence-corrected chi connectivity index (χ2v) is 6.79. The maximum Gasteiger partial charge on any atom is 0.240 e. The number of nitrogens with zero attached hydrogens (tertiary/aromatic N) is 2. The lowest BCUT2D eigenvalue weighted by Gasteiger charge is -2.09. The minimum absolute atomic E-state index is 0.0945. The fourth-order valence-corrected chi connectivity index (χ4v) is 2.85. The Hall–Kier alpha value is -2.15. The lowest BCUT2D eigenvalue weighted by Crippen LogP contribution is -2.28. The first-order chi connectivity index (χ1) is 10.8. The molecule has 0 saturated carbocycles. The van der Waals surface area contributed by atoms with Crippen molar-refractivity contribution in [3.05, 3.63) is 29.3 Å². The van der Waals surface area contributed by atoms with E-state index in [2.05, 4.69) is 20.8 Å². The average molecular weight is 332 g/mol. The largest absolute Gasteiger partial charge is 0.326 e. The zero-order valence-corrected chi connectivity index (χ0v) is 14.5. The van der Waals surface area contributed by atoms with Crippen LogP contribution in [0.4, 0.5) is 5.69 Å². The van der Waals surface area contributed by atoms with Gasteiger partial charge in [0.05, 0.1) is 0 Å². The van der Waals surface area contributed by atoms with E-state index in [0.29, 0.717) is 5.17 Å². The molecule has 1 aromatic carbocycles. The number of benzene rings is 1. The number of nitrogens with one attached hydrogen (secondary N) is 2. The van der Waals surface area contributed by atoms with Gasteiger partial charge in [0.2, 0.25) is 11.8 Å². The highest BCUT2D eigenvalue weighted by molar-refractivity contribution is 8.15. The fourth-order valence-electron chi connectivity index (χ4n) is 1.93. The highest BCUT2D eigenvalue weighted by Gasteiger charge is 2.32. The molecule has 1 atom stereocenters. The molecule has 0 bridgehead atoms. The molecule has 0 aromatic heterocycles. The summed E-state index contributed by atoms with van der Waals surface area (Å²) in [5, 5.41) is 13.3. The number of amidine groups is 1. The van der Waals surface area contributed by atoms with Gasteiger partial charge in [0.1, 0.15) is 5.25 Å². The second-order valence-electron chi connectivity index (χ2n) is 5.60. The Bertz CT molecular complexity index is 693. The molecule has 0 radical (unpaired) electrons. The number of carbonyl (C=O) groups excluding carboxylic acids is 2. The molecule has 1 aromatic rings. The summed E-state index contributed by atoms with van der Waals surface area (Å²) in [7, 11) is 0. The van der Waals surface area contributed by atoms with Crippen molar-refractivity contribution < 1.29 is 9.59 Å². The molecule has 0 spiro atoms. The standard InChI is InChI=1S/C16H20N4O2S/c1-9(2)19-20-16-18-15(22)13(23-16)8-14(21)17-12-6-5-10(3)11(4)7-12/h5-7,13H,8H2,1-4H3,(H,17,21)(H,18,20,22). The van der Waals surface area contributed by atoms with Crippen LogP contribution in [-0.4, -0.2) is 27.9 Å². The first-order valence-corrected chi connectivity index (χ1v) is 8.16. The summed E-state index contributed by atoms with van der Waals surface area (Å²) in [6, 6.07) is 5.73. The topological polar surface area (TPSA) is 82.9 Å². The molecule has 2 N–H and O–H groups in total. The van der Waals surface area contributed by atoms with Crippen molar-refractivity contribution in [3.63, 3.8) is 0 Å². The number of carbonyl (C=O) groups is 2. The van der Waals surface area contributed by atoms with Crippen LogP contribution in [0.5, 0.6) is 0 Å². The minimum Gasteiger partial charge on any atom is -0.326 e. The van der Waals surface area contributed by atoms with Crippen LogP contribution in [0.2, 0.25) is 0 Å². The van der Waals surface area contributed by atoms with E-state index in [1.807, 2.05) is 45.9 Å². The molecular weight excluding hydrogens is 312 g/mol. The Morgan fingerprint density at radius 1 is 1.30 bits per heavy atom. The van der Waals surface area contributed by atoms with Crippen molar-refractivity contribution in [2.75, 3.05) is 5.32 Å². The first kappa shape index (κ1) is 17.2. The van der Waals surface area contributed by atoms with Crippen LogP contribution < -0.4 is 10.6 Å². The number of hydrogen-bond donors (Lipinski definition) is 2. The third kappa shape index (κ3) is 4.92. The van der Waals surface area contributed by atoms with Gasteiger partial charge in [-0.05, 0) is 51.0 Å². The monoisotopic (exact) mass is 332 g/mol. The van der Waals surface area contributed by atoms with Crippen LogP contribution in [0.25, 0.3) is 0 Å². The second kappa shape index (κ2) is 7.41. The van der Waals surface area contributed by atoms with Crippen LogP contribution in [0.1, 0.15) is 31.4 Å². The molecule has 2 amide bonds. The third-order valence-corrected chi connectivity index (χ3v) is 4.35. The zero-order chi connectivity index (χ0) is 17.0. The smallest absolute Gasteiger partial charge is 0.240 e. The number of hydrogen-bond acceptors (Lipinski definition) is 5. The molecule has 23 heavy (non-hydrogen) atoms. The predicted octanol–water partition coefficient (Wildman–Crippen LogP) is 2.62. The van der Waals surface area contributed by atoms with Crippen LogP contribution in [0.15, 0.2) is 28.4 Å². The minimum atomic E-state index is -0.479. The summed E-state index contributed by atoms with van der Waals surface area (Å²) in [6.07, 6.45) is 0.0945. The summed E-state index contributed by atoms with van der Waals surface area (Å²) < 4.78 is 0. The van der Waals surface area contributed by atoms with Gasteiger partial charge in [0.25, 0.3) is 0 Å². The summed E-state index contributed by atoms with van der Waals surface area (Å²) in [5.41, 5.74) is 3.81. The molecular formula is C16H20N4O2S. The number of anilines is 1. The number of thioether (sulfide) groups is 1. The first-order valence-electron chi connectivity index (χ1n) is 7.28. The molecule has 6 nitrogen and oxygen atoms in total. The Morgan fingerprint density at radius 2 is 2.04 bits per heavy atom. The molecule has 1 aliphatic heterocycles. The van der Waals surface area contributed by atoms with Crippen LogP contribution in [-0.2, 0) is 9.59 Å². The van der Waals surface area contributed by atoms with E-state index in [9.17, 15) is 9.59 Å². The van der Waals surface area contributed by atoms with E-state index >= 15 is 0 Å². The normalized spacial score (nSPS) is 18.7. The molecule has 1 aliphatic rings. The van der Waals surface area contributed by atoms with E-state index in [-0.39, 0.29) is 18.2 Å². The molecule has 1 fully saturated rings. The van der Waals surface area contributed by atoms with Gasteiger partial charge >= 0.3 is 0 Å². The lowest BCUT2D eigenvalue weighted by molar-refractivity contribution is -0.122. The van der Waals surface area contributed by atoms with E-state index < -0.39 is 5.25 Å². The van der Waals surface area contributed by atoms with Crippen molar-refractivity contribution >= 4 is 40.1 Å². The van der Waals surface area contributed by atoms with E-state index in [1.165, 1.54) is 17.3 Å². The maximum absolute atomic E-state index is 12.1. The number of rotatable bonds is 4. The average Bonchev–Trinajstić information content (AvgIpc) is 2.81. The van der Waals surface area contributed by atoms with Gasteiger partial charge in [0, 0.05) is 17.8 Å². The van der Waals surface area contributed by atoms with Gasteiger partial charge in [-0.1, -0.05) is 17.8 Å². The summed E-state index contributed by atoms with van der Waals surface area (Å²) in [4.78, 5) is 24.0. The Morgan fingerprint density at radius 3 is 2.70 bits per heavy atom. The molecule has 2 rings (SSSR count). The third-order valence-electron chi connectivity index (χ3n) is 3.28. The van der Waals surface area contributed by atoms with Crippen molar-refractivity contribution in [2.24, 2.45) is 10.2 Å². The number of aryl methyl sites for hydroxylation is 2. The predicted molar refractivity (Wildman–Crippen MR) is 94.9 cm³/mol. The molecule has 1 unspecified atom stereocenters. The zero-order valence-electron chi connectivity index (χ0n) is 13.6. The van der Waals surface area contributed by atoms with Crippen molar-refractivity contribution in [2.45, 2.75) is 39.4 Å². The van der Waals surface area contributed by atoms with E-state index in [4.69, 9.17) is 0 Å². The molecule has 0 aliphatic carbocycles. The van der Waals surface area contributed by atoms with Crippen molar-refractivity contribution in [1.82, 2.24) is 5.32 Å². The van der Waals surface area contributed by atoms with Crippen LogP contribution in [0, 0.1) is 13.8 Å². The van der Waals surface area contributed by atoms with Crippen LogP contribution >= 0.6 is 11.8 Å². The Balaban J connectivity index is 1.95. The van der Waals surface area contributed by atoms with Gasteiger partial charge in [-0.15, -0.1) is 5.10 Å². The Labute approximate surface area is 139 Å². The summed E-state index contributed by atoms with van der Waals surface area (Å²) >= 11 is 1.23. The fraction of sp³-hybridized carbons (Fsp3) is 0.375. The van der Waals surface area contributed by atoms with Crippen molar-refractivity contribution in [1.29, 1.82) is 0 Å². The molecule has 1 heterocycles. The lowest BCUT2D eigenvalue weighted by atomic mass is 10.1.